The van der Waals surface area contributed by atoms with E-state index in [0.717, 1.165) is 6.26 Å². The summed E-state index contributed by atoms with van der Waals surface area (Å²) >= 11 is 6.08. The van der Waals surface area contributed by atoms with Gasteiger partial charge in [0.25, 0.3) is 0 Å². The molecule has 0 saturated carbocycles. The largest absolute Gasteiger partial charge is 0.494 e. The minimum atomic E-state index is -3.83. The number of aliphatic hydroxyl groups is 1. The predicted octanol–water partition coefficient (Wildman–Crippen LogP) is 4.32. The van der Waals surface area contributed by atoms with Crippen LogP contribution in [0.15, 0.2) is 47.4 Å². The second-order valence-corrected chi connectivity index (χ2v) is 22.1. The second-order valence-electron chi connectivity index (χ2n) is 11.9. The lowest BCUT2D eigenvalue weighted by Crippen LogP contribution is -2.38. The number of hydrogen-bond acceptors (Lipinski definition) is 10. The molecule has 1 atom stereocenters. The number of sulfonamides is 1. The van der Waals surface area contributed by atoms with E-state index < -0.39 is 34.0 Å². The van der Waals surface area contributed by atoms with Crippen LogP contribution in [0.2, 0.25) is 30.7 Å². The van der Waals surface area contributed by atoms with Crippen molar-refractivity contribution in [2.75, 3.05) is 37.1 Å². The third-order valence-electron chi connectivity index (χ3n) is 7.35. The summed E-state index contributed by atoms with van der Waals surface area (Å²) in [4.78, 5) is -0.123. The van der Waals surface area contributed by atoms with Crippen molar-refractivity contribution in [3.63, 3.8) is 0 Å². The van der Waals surface area contributed by atoms with Gasteiger partial charge in [-0.2, -0.15) is 5.10 Å². The van der Waals surface area contributed by atoms with Crippen LogP contribution >= 0.6 is 11.6 Å². The smallest absolute Gasteiger partial charge is 0.246 e. The molecular formula is C29H39ClN6O7S2Si. The third kappa shape index (κ3) is 7.25. The molecule has 0 bridgehead atoms. The Bertz CT molecular complexity index is 1930. The summed E-state index contributed by atoms with van der Waals surface area (Å²) in [6.45, 7) is 8.20. The van der Waals surface area contributed by atoms with Crippen LogP contribution in [0, 0.1) is 0 Å². The zero-order chi connectivity index (χ0) is 34.2. The highest BCUT2D eigenvalue weighted by Gasteiger charge is 2.33. The van der Waals surface area contributed by atoms with Gasteiger partial charge in [0.1, 0.15) is 29.0 Å². The molecule has 250 valence electrons. The number of aliphatic hydroxyl groups excluding tert-OH is 1. The van der Waals surface area contributed by atoms with Crippen LogP contribution in [0.3, 0.4) is 0 Å². The maximum absolute atomic E-state index is 13.6. The molecule has 0 spiro atoms. The molecule has 0 aliphatic carbocycles. The topological polar surface area (TPSA) is 159 Å². The first-order chi connectivity index (χ1) is 21.4. The summed E-state index contributed by atoms with van der Waals surface area (Å²) in [6, 6.07) is 11.6. The lowest BCUT2D eigenvalue weighted by molar-refractivity contribution is 0.206. The molecule has 46 heavy (non-hydrogen) atoms. The highest BCUT2D eigenvalue weighted by Crippen LogP contribution is 2.40. The lowest BCUT2D eigenvalue weighted by atomic mass is 10.1. The molecule has 0 fully saturated rings. The number of sulfone groups is 1. The van der Waals surface area contributed by atoms with E-state index in [2.05, 4.69) is 34.9 Å². The summed E-state index contributed by atoms with van der Waals surface area (Å²) < 4.78 is 67.9. The van der Waals surface area contributed by atoms with Crippen LogP contribution in [-0.2, 0) is 26.9 Å². The molecule has 4 aromatic rings. The zero-order valence-electron chi connectivity index (χ0n) is 27.0. The van der Waals surface area contributed by atoms with Gasteiger partial charge in [-0.3, -0.25) is 9.25 Å². The summed E-state index contributed by atoms with van der Waals surface area (Å²) in [5, 5.41) is 25.1. The number of aromatic nitrogens is 5. The molecular weight excluding hydrogens is 672 g/mol. The number of benzene rings is 2. The van der Waals surface area contributed by atoms with Crippen LogP contribution in [0.4, 0.5) is 5.95 Å². The monoisotopic (exact) mass is 710 g/mol. The van der Waals surface area contributed by atoms with Crippen molar-refractivity contribution in [3.05, 3.63) is 58.7 Å². The van der Waals surface area contributed by atoms with Gasteiger partial charge in [0, 0.05) is 38.5 Å². The maximum atomic E-state index is 13.6. The standard InChI is InChI=1S/C29H39ClN6O7S2Si/c1-9-45(40,41)35(15-16-46(6,7)8)29-32-31-28(36(29)26-23(42-3)11-10-12-24(26)43-4)21-18-22(34(2)33-21)27(37)20-14-13-19(30)17-25(20)44(5,38)39/h10-14,17-18,27,37H,9,15-16H2,1-8H3. The predicted molar refractivity (Wildman–Crippen MR) is 180 cm³/mol. The first kappa shape index (κ1) is 35.4. The van der Waals surface area contributed by atoms with Crippen molar-refractivity contribution < 1.29 is 31.4 Å². The molecule has 17 heteroatoms. The van der Waals surface area contributed by atoms with Crippen molar-refractivity contribution in [2.24, 2.45) is 7.05 Å². The van der Waals surface area contributed by atoms with Crippen LogP contribution in [0.5, 0.6) is 11.5 Å². The molecule has 1 N–H and O–H groups in total. The molecule has 0 aliphatic rings. The Balaban J connectivity index is 2.00. The number of nitrogens with zero attached hydrogens (tertiary/aromatic N) is 6. The SMILES string of the molecule is CCS(=O)(=O)N(CC[Si](C)(C)C)c1nnc(-c2cc(C(O)c3ccc(Cl)cc3S(C)(=O)=O)n(C)n2)n1-c1c(OC)cccc1OC. The Morgan fingerprint density at radius 2 is 1.65 bits per heavy atom. The van der Waals surface area contributed by atoms with Crippen molar-refractivity contribution >= 4 is 45.5 Å². The van der Waals surface area contributed by atoms with Crippen LogP contribution in [-0.4, -0.2) is 87.3 Å². The average Bonchev–Trinajstić information content (AvgIpc) is 3.58. The molecule has 2 heterocycles. The average molecular weight is 711 g/mol. The third-order valence-corrected chi connectivity index (χ3v) is 12.2. The summed E-state index contributed by atoms with van der Waals surface area (Å²) in [7, 11) is -4.75. The number of hydrogen-bond donors (Lipinski definition) is 1. The fraction of sp³-hybridized carbons (Fsp3) is 0.414. The number of ether oxygens (including phenoxy) is 2. The normalized spacial score (nSPS) is 13.1. The van der Waals surface area contributed by atoms with Gasteiger partial charge in [-0.15, -0.1) is 10.2 Å². The van der Waals surface area contributed by atoms with Gasteiger partial charge in [0.15, 0.2) is 15.7 Å². The summed E-state index contributed by atoms with van der Waals surface area (Å²) in [6.07, 6.45) is -0.384. The maximum Gasteiger partial charge on any atom is 0.246 e. The highest BCUT2D eigenvalue weighted by atomic mass is 35.5. The minimum Gasteiger partial charge on any atom is -0.494 e. The fourth-order valence-corrected chi connectivity index (χ4v) is 8.17. The van der Waals surface area contributed by atoms with Gasteiger partial charge in [0.05, 0.1) is 30.6 Å². The van der Waals surface area contributed by atoms with Crippen LogP contribution < -0.4 is 13.8 Å². The van der Waals surface area contributed by atoms with E-state index in [1.165, 1.54) is 52.0 Å². The number of anilines is 1. The molecule has 1 unspecified atom stereocenters. The number of halogens is 1. The first-order valence-electron chi connectivity index (χ1n) is 14.3. The Morgan fingerprint density at radius 1 is 1.02 bits per heavy atom. The zero-order valence-corrected chi connectivity index (χ0v) is 30.4. The van der Waals surface area contributed by atoms with E-state index >= 15 is 0 Å². The number of rotatable bonds is 13. The van der Waals surface area contributed by atoms with E-state index in [1.54, 1.807) is 32.2 Å². The number of para-hydroxylation sites is 1. The molecule has 0 aliphatic heterocycles. The molecule has 0 saturated heterocycles. The second kappa shape index (κ2) is 13.3. The Labute approximate surface area is 275 Å². The van der Waals surface area contributed by atoms with Crippen LogP contribution in [0.25, 0.3) is 17.2 Å². The highest BCUT2D eigenvalue weighted by molar-refractivity contribution is 7.92. The lowest BCUT2D eigenvalue weighted by Gasteiger charge is -2.27. The summed E-state index contributed by atoms with van der Waals surface area (Å²) in [5.41, 5.74) is 0.914. The van der Waals surface area contributed by atoms with E-state index in [1.807, 2.05) is 0 Å². The van der Waals surface area contributed by atoms with Gasteiger partial charge in [0.2, 0.25) is 16.0 Å². The Hall–Kier alpha value is -3.44. The van der Waals surface area contributed by atoms with Gasteiger partial charge < -0.3 is 14.6 Å². The first-order valence-corrected chi connectivity index (χ1v) is 21.9. The quantitative estimate of drug-likeness (QED) is 0.198. The molecule has 0 radical (unpaired) electrons. The molecule has 2 aromatic heterocycles. The van der Waals surface area contributed by atoms with Crippen molar-refractivity contribution in [1.82, 2.24) is 24.5 Å². The van der Waals surface area contributed by atoms with E-state index in [9.17, 15) is 21.9 Å². The van der Waals surface area contributed by atoms with E-state index in [0.29, 0.717) is 23.2 Å². The summed E-state index contributed by atoms with van der Waals surface area (Å²) in [5.74, 6) is 0.693. The molecule has 4 rings (SSSR count). The number of aryl methyl sites for hydroxylation is 1. The van der Waals surface area contributed by atoms with E-state index in [4.69, 9.17) is 21.1 Å². The minimum absolute atomic E-state index is 0.0164. The van der Waals surface area contributed by atoms with Gasteiger partial charge in [-0.25, -0.2) is 21.1 Å². The molecule has 2 aromatic carbocycles. The fourth-order valence-electron chi connectivity index (χ4n) is 4.88. The Kier molecular flexibility index (Phi) is 10.3. The molecule has 13 nitrogen and oxygen atoms in total. The van der Waals surface area contributed by atoms with Gasteiger partial charge in [-0.1, -0.05) is 43.4 Å². The van der Waals surface area contributed by atoms with Crippen molar-refractivity contribution in [3.8, 4) is 28.7 Å². The van der Waals surface area contributed by atoms with Gasteiger partial charge in [-0.05, 0) is 43.3 Å². The van der Waals surface area contributed by atoms with E-state index in [-0.39, 0.29) is 50.9 Å². The number of methoxy groups -OCH3 is 2. The molecule has 0 amide bonds. The van der Waals surface area contributed by atoms with Crippen molar-refractivity contribution in [2.45, 2.75) is 43.6 Å². The van der Waals surface area contributed by atoms with Gasteiger partial charge >= 0.3 is 0 Å². The van der Waals surface area contributed by atoms with Crippen LogP contribution in [0.1, 0.15) is 24.3 Å². The Morgan fingerprint density at radius 3 is 2.20 bits per heavy atom. The van der Waals surface area contributed by atoms with Crippen molar-refractivity contribution in [1.29, 1.82) is 0 Å².